The molecule has 0 aliphatic carbocycles. The predicted octanol–water partition coefficient (Wildman–Crippen LogP) is -0.176. The van der Waals surface area contributed by atoms with Crippen LogP contribution in [0.15, 0.2) is 34.3 Å². The topological polar surface area (TPSA) is 124 Å². The number of nitrogens with zero attached hydrogens (tertiary/aromatic N) is 4. The van der Waals surface area contributed by atoms with Crippen molar-refractivity contribution in [3.63, 3.8) is 0 Å². The average molecular weight is 487 g/mol. The molecule has 32 heavy (non-hydrogen) atoms. The zero-order chi connectivity index (χ0) is 23.1. The first kappa shape index (κ1) is 22.8. The summed E-state index contributed by atoms with van der Waals surface area (Å²) in [6.07, 6.45) is 0.515. The van der Waals surface area contributed by atoms with Crippen LogP contribution in [0.25, 0.3) is 0 Å². The molecule has 1 atom stereocenters. The second-order valence-corrected chi connectivity index (χ2v) is 12.2. The fourth-order valence-corrected chi connectivity index (χ4v) is 7.16. The highest BCUT2D eigenvalue weighted by Gasteiger charge is 2.38. The Morgan fingerprint density at radius 1 is 1.06 bits per heavy atom. The number of carbonyl (C=O) groups is 2. The van der Waals surface area contributed by atoms with E-state index in [2.05, 4.69) is 5.10 Å². The van der Waals surface area contributed by atoms with E-state index in [4.69, 9.17) is 0 Å². The predicted molar refractivity (Wildman–Crippen MR) is 112 cm³/mol. The molecular weight excluding hydrogens is 463 g/mol. The molecule has 3 aliphatic heterocycles. The van der Waals surface area contributed by atoms with E-state index in [-0.39, 0.29) is 72.9 Å². The van der Waals surface area contributed by atoms with E-state index in [1.807, 2.05) is 0 Å². The van der Waals surface area contributed by atoms with Crippen LogP contribution in [-0.2, 0) is 29.4 Å². The van der Waals surface area contributed by atoms with Gasteiger partial charge in [0.05, 0.1) is 22.4 Å². The smallest absolute Gasteiger partial charge is 0.270 e. The maximum absolute atomic E-state index is 13.1. The third-order valence-electron chi connectivity index (χ3n) is 5.84. The molecule has 0 unspecified atom stereocenters. The van der Waals surface area contributed by atoms with Crippen LogP contribution in [0.1, 0.15) is 19.3 Å². The molecule has 0 radical (unpaired) electrons. The Morgan fingerprint density at radius 3 is 2.31 bits per heavy atom. The van der Waals surface area contributed by atoms with Crippen molar-refractivity contribution in [2.45, 2.75) is 30.2 Å². The van der Waals surface area contributed by atoms with E-state index < -0.39 is 31.7 Å². The average Bonchev–Trinajstić information content (AvgIpc) is 3.13. The normalized spacial score (nSPS) is 24.5. The Bertz CT molecular complexity index is 1160. The molecule has 0 N–H and O–H groups in total. The number of hydrogen-bond donors (Lipinski definition) is 0. The van der Waals surface area contributed by atoms with Gasteiger partial charge in [-0.15, -0.1) is 0 Å². The minimum absolute atomic E-state index is 0.00919. The van der Waals surface area contributed by atoms with Crippen molar-refractivity contribution in [2.75, 3.05) is 37.7 Å². The third kappa shape index (κ3) is 4.55. The maximum Gasteiger partial charge on any atom is 0.270 e. The van der Waals surface area contributed by atoms with Crippen LogP contribution in [-0.4, -0.2) is 92.3 Å². The van der Waals surface area contributed by atoms with Crippen molar-refractivity contribution >= 4 is 37.4 Å². The molecule has 1 aromatic rings. The number of halogens is 1. The first-order chi connectivity index (χ1) is 15.1. The molecule has 0 spiro atoms. The standard InChI is InChI=1S/C19H23FN4O6S2/c20-14-1-3-16(4-2-14)32(29,30)23-10-8-22(9-11-23)19(26)17-5-6-18(25)24(21-17)15-7-12-31(27,28)13-15/h1-4,15H,5-13H2/t15-/m0/s1. The number of amides is 2. The first-order valence-electron chi connectivity index (χ1n) is 10.2. The van der Waals surface area contributed by atoms with Crippen molar-refractivity contribution in [3.05, 3.63) is 30.1 Å². The van der Waals surface area contributed by atoms with Gasteiger partial charge in [0.25, 0.3) is 5.91 Å². The van der Waals surface area contributed by atoms with Gasteiger partial charge in [0.1, 0.15) is 11.5 Å². The van der Waals surface area contributed by atoms with Crippen LogP contribution < -0.4 is 0 Å². The number of hydrazone groups is 1. The van der Waals surface area contributed by atoms with E-state index in [0.29, 0.717) is 6.42 Å². The lowest BCUT2D eigenvalue weighted by molar-refractivity contribution is -0.134. The molecule has 1 aromatic carbocycles. The van der Waals surface area contributed by atoms with E-state index in [0.717, 1.165) is 17.1 Å². The zero-order valence-corrected chi connectivity index (χ0v) is 18.8. The molecule has 10 nitrogen and oxygen atoms in total. The van der Waals surface area contributed by atoms with Crippen LogP contribution in [0.3, 0.4) is 0 Å². The van der Waals surface area contributed by atoms with Crippen LogP contribution >= 0.6 is 0 Å². The van der Waals surface area contributed by atoms with Crippen LogP contribution in [0, 0.1) is 5.82 Å². The minimum atomic E-state index is -3.80. The lowest BCUT2D eigenvalue weighted by Gasteiger charge is -2.35. The van der Waals surface area contributed by atoms with Gasteiger partial charge in [-0.2, -0.15) is 9.41 Å². The highest BCUT2D eigenvalue weighted by molar-refractivity contribution is 7.91. The summed E-state index contributed by atoms with van der Waals surface area (Å²) in [7, 11) is -7.02. The first-order valence-corrected chi connectivity index (χ1v) is 13.5. The van der Waals surface area contributed by atoms with Crippen LogP contribution in [0.2, 0.25) is 0 Å². The number of rotatable bonds is 4. The molecule has 3 heterocycles. The molecule has 3 aliphatic rings. The summed E-state index contributed by atoms with van der Waals surface area (Å²) in [6, 6.07) is 4.00. The highest BCUT2D eigenvalue weighted by atomic mass is 32.2. The van der Waals surface area contributed by atoms with Gasteiger partial charge in [-0.3, -0.25) is 9.59 Å². The fourth-order valence-electron chi connectivity index (χ4n) is 4.05. The lowest BCUT2D eigenvalue weighted by Crippen LogP contribution is -2.53. The third-order valence-corrected chi connectivity index (χ3v) is 9.50. The summed E-state index contributed by atoms with van der Waals surface area (Å²) in [6.45, 7) is 0.429. The van der Waals surface area contributed by atoms with E-state index in [1.165, 1.54) is 21.3 Å². The van der Waals surface area contributed by atoms with Gasteiger partial charge < -0.3 is 4.90 Å². The second-order valence-electron chi connectivity index (χ2n) is 7.99. The van der Waals surface area contributed by atoms with Crippen LogP contribution in [0.5, 0.6) is 0 Å². The Morgan fingerprint density at radius 2 is 1.72 bits per heavy atom. The molecule has 0 aromatic heterocycles. The van der Waals surface area contributed by atoms with Crippen molar-refractivity contribution in [1.82, 2.24) is 14.2 Å². The highest BCUT2D eigenvalue weighted by Crippen LogP contribution is 2.23. The number of piperazine rings is 1. The molecule has 2 saturated heterocycles. The van der Waals surface area contributed by atoms with Crippen molar-refractivity contribution < 1.29 is 30.8 Å². The summed E-state index contributed by atoms with van der Waals surface area (Å²) in [4.78, 5) is 26.7. The number of benzene rings is 1. The van der Waals surface area contributed by atoms with E-state index >= 15 is 0 Å². The van der Waals surface area contributed by atoms with Crippen molar-refractivity contribution in [2.24, 2.45) is 5.10 Å². The Balaban J connectivity index is 1.42. The van der Waals surface area contributed by atoms with Gasteiger partial charge in [-0.25, -0.2) is 26.2 Å². The molecule has 0 saturated carbocycles. The molecule has 2 fully saturated rings. The van der Waals surface area contributed by atoms with Gasteiger partial charge in [-0.1, -0.05) is 0 Å². The lowest BCUT2D eigenvalue weighted by atomic mass is 10.1. The maximum atomic E-state index is 13.1. The van der Waals surface area contributed by atoms with E-state index in [9.17, 15) is 30.8 Å². The molecule has 4 rings (SSSR count). The molecule has 0 bridgehead atoms. The summed E-state index contributed by atoms with van der Waals surface area (Å²) in [5, 5.41) is 5.32. The monoisotopic (exact) mass is 486 g/mol. The van der Waals surface area contributed by atoms with Crippen LogP contribution in [0.4, 0.5) is 4.39 Å². The van der Waals surface area contributed by atoms with Crippen molar-refractivity contribution in [1.29, 1.82) is 0 Å². The van der Waals surface area contributed by atoms with Gasteiger partial charge in [0, 0.05) is 39.0 Å². The largest absolute Gasteiger partial charge is 0.335 e. The van der Waals surface area contributed by atoms with Crippen molar-refractivity contribution in [3.8, 4) is 0 Å². The summed E-state index contributed by atoms with van der Waals surface area (Å²) >= 11 is 0. The second kappa shape index (κ2) is 8.52. The number of carbonyl (C=O) groups excluding carboxylic acids is 2. The van der Waals surface area contributed by atoms with Gasteiger partial charge in [0.2, 0.25) is 15.9 Å². The minimum Gasteiger partial charge on any atom is -0.335 e. The van der Waals surface area contributed by atoms with Gasteiger partial charge in [0.15, 0.2) is 9.84 Å². The zero-order valence-electron chi connectivity index (χ0n) is 17.2. The number of sulfone groups is 1. The Hall–Kier alpha value is -2.38. The molecule has 2 amide bonds. The number of sulfonamides is 1. The summed E-state index contributed by atoms with van der Waals surface area (Å²) < 4.78 is 63.3. The van der Waals surface area contributed by atoms with Gasteiger partial charge >= 0.3 is 0 Å². The molecular formula is C19H23FN4O6S2. The molecule has 13 heteroatoms. The SMILES string of the molecule is O=C(C1=NN([C@H]2CCS(=O)(=O)C2)C(=O)CC1)N1CCN(S(=O)(=O)c2ccc(F)cc2)CC1. The van der Waals surface area contributed by atoms with E-state index in [1.54, 1.807) is 0 Å². The summed E-state index contributed by atoms with van der Waals surface area (Å²) in [5.41, 5.74) is 0.170. The Labute approximate surface area is 185 Å². The fraction of sp³-hybridized carbons (Fsp3) is 0.526. The molecule has 174 valence electrons. The quantitative estimate of drug-likeness (QED) is 0.582. The van der Waals surface area contributed by atoms with Gasteiger partial charge in [-0.05, 0) is 30.7 Å². The Kier molecular flexibility index (Phi) is 6.07. The number of hydrogen-bond acceptors (Lipinski definition) is 7. The summed E-state index contributed by atoms with van der Waals surface area (Å²) in [5.74, 6) is -1.40.